The van der Waals surface area contributed by atoms with Crippen LogP contribution in [0, 0.1) is 0 Å². The van der Waals surface area contributed by atoms with Crippen molar-refractivity contribution in [3.8, 4) is 0 Å². The van der Waals surface area contributed by atoms with Gasteiger partial charge in [-0.1, -0.05) is 0 Å². The van der Waals surface area contributed by atoms with Gasteiger partial charge in [0.25, 0.3) is 10.1 Å². The molecule has 0 amide bonds. The van der Waals surface area contributed by atoms with E-state index in [0.29, 0.717) is 12.2 Å². The minimum Gasteiger partial charge on any atom is -1.00 e. The zero-order valence-electron chi connectivity index (χ0n) is 6.24. The van der Waals surface area contributed by atoms with Crippen molar-refractivity contribution in [1.82, 2.24) is 0 Å². The summed E-state index contributed by atoms with van der Waals surface area (Å²) in [5.41, 5.74) is 0. The molecular weight excluding hydrogens is 187 g/mol. The predicted octanol–water partition coefficient (Wildman–Crippen LogP) is -2.69. The smallest absolute Gasteiger partial charge is 1.00 e. The van der Waals surface area contributed by atoms with Gasteiger partial charge in [-0.25, -0.2) is 0 Å². The normalized spacial score (nSPS) is 10.4. The standard InChI is InChI=1S/C3H8O3S2.K.H/c4-8(5,6)3-1-2-7;;/h7H,1-3H2,(H,4,5,6);;/q;+1;-1. The molecule has 0 fully saturated rings. The van der Waals surface area contributed by atoms with E-state index in [9.17, 15) is 8.42 Å². The summed E-state index contributed by atoms with van der Waals surface area (Å²) >= 11 is 3.76. The van der Waals surface area contributed by atoms with Gasteiger partial charge in [-0.15, -0.1) is 0 Å². The van der Waals surface area contributed by atoms with Crippen LogP contribution in [0.2, 0.25) is 0 Å². The third-order valence-corrected chi connectivity index (χ3v) is 1.68. The van der Waals surface area contributed by atoms with Crippen molar-refractivity contribution >= 4 is 22.7 Å². The third kappa shape index (κ3) is 13.0. The maximum absolute atomic E-state index is 9.91. The van der Waals surface area contributed by atoms with Crippen LogP contribution in [0.25, 0.3) is 0 Å². The van der Waals surface area contributed by atoms with Crippen molar-refractivity contribution in [3.63, 3.8) is 0 Å². The Labute approximate surface area is 105 Å². The third-order valence-electron chi connectivity index (χ3n) is 0.560. The number of rotatable bonds is 3. The largest absolute Gasteiger partial charge is 1.00 e. The van der Waals surface area contributed by atoms with Crippen LogP contribution in [0.4, 0.5) is 0 Å². The fourth-order valence-electron chi connectivity index (χ4n) is 0.247. The molecule has 0 saturated heterocycles. The molecule has 0 aliphatic carbocycles. The Hall–Kier alpha value is 1.90. The molecule has 0 aromatic rings. The number of thiol groups is 1. The predicted molar refractivity (Wildman–Crippen MR) is 36.0 cm³/mol. The molecule has 0 heterocycles. The Morgan fingerprint density at radius 2 is 2.00 bits per heavy atom. The summed E-state index contributed by atoms with van der Waals surface area (Å²) in [4.78, 5) is 0. The summed E-state index contributed by atoms with van der Waals surface area (Å²) in [7, 11) is -3.74. The second-order valence-corrected chi connectivity index (χ2v) is 3.38. The second-order valence-electron chi connectivity index (χ2n) is 1.36. The molecule has 0 rings (SSSR count). The fraction of sp³-hybridized carbons (Fsp3) is 1.00. The molecule has 0 aliphatic heterocycles. The van der Waals surface area contributed by atoms with Crippen LogP contribution in [0.5, 0.6) is 0 Å². The van der Waals surface area contributed by atoms with Gasteiger partial charge >= 0.3 is 51.4 Å². The Bertz CT molecular complexity index is 146. The van der Waals surface area contributed by atoms with Crippen LogP contribution in [0.3, 0.4) is 0 Å². The molecule has 0 aliphatic rings. The monoisotopic (exact) mass is 196 g/mol. The van der Waals surface area contributed by atoms with Gasteiger partial charge in [0.05, 0.1) is 5.75 Å². The van der Waals surface area contributed by atoms with Crippen LogP contribution in [0.15, 0.2) is 0 Å². The van der Waals surface area contributed by atoms with Gasteiger partial charge in [0.2, 0.25) is 0 Å². The minimum atomic E-state index is -3.74. The molecule has 0 unspecified atom stereocenters. The van der Waals surface area contributed by atoms with Gasteiger partial charge < -0.3 is 1.43 Å². The molecule has 0 aromatic carbocycles. The fourth-order valence-corrected chi connectivity index (χ4v) is 1.13. The Balaban J connectivity index is -0.000000245. The Kier molecular flexibility index (Phi) is 9.88. The first kappa shape index (κ1) is 13.5. The van der Waals surface area contributed by atoms with E-state index in [0.717, 1.165) is 0 Å². The van der Waals surface area contributed by atoms with Gasteiger partial charge in [-0.05, 0) is 12.2 Å². The van der Waals surface area contributed by atoms with Crippen molar-refractivity contribution in [2.24, 2.45) is 0 Å². The molecule has 0 saturated carbocycles. The quantitative estimate of drug-likeness (QED) is 0.294. The SMILES string of the molecule is O=S(=O)(O)CCCS.[H-].[K+]. The summed E-state index contributed by atoms with van der Waals surface area (Å²) < 4.78 is 27.9. The molecule has 0 atom stereocenters. The molecule has 0 aromatic heterocycles. The summed E-state index contributed by atoms with van der Waals surface area (Å²) in [6.07, 6.45) is 0.405. The first-order valence-corrected chi connectivity index (χ1v) is 4.36. The van der Waals surface area contributed by atoms with Crippen LogP contribution < -0.4 is 51.4 Å². The summed E-state index contributed by atoms with van der Waals surface area (Å²) in [5, 5.41) is 0. The van der Waals surface area contributed by atoms with Gasteiger partial charge in [0.1, 0.15) is 0 Å². The van der Waals surface area contributed by atoms with E-state index < -0.39 is 10.1 Å². The minimum absolute atomic E-state index is 0. The van der Waals surface area contributed by atoms with Crippen molar-refractivity contribution in [3.05, 3.63) is 0 Å². The van der Waals surface area contributed by atoms with Gasteiger partial charge in [0, 0.05) is 0 Å². The summed E-state index contributed by atoms with van der Waals surface area (Å²) in [5.74, 6) is 0.302. The second kappa shape index (κ2) is 6.60. The Morgan fingerprint density at radius 1 is 1.56 bits per heavy atom. The van der Waals surface area contributed by atoms with E-state index in [-0.39, 0.29) is 58.6 Å². The molecule has 52 valence electrons. The molecular formula is C3H9KO3S2. The van der Waals surface area contributed by atoms with E-state index in [4.69, 9.17) is 4.55 Å². The van der Waals surface area contributed by atoms with Crippen LogP contribution in [-0.4, -0.2) is 24.5 Å². The molecule has 0 radical (unpaired) electrons. The van der Waals surface area contributed by atoms with Gasteiger partial charge in [0.15, 0.2) is 0 Å². The molecule has 1 N–H and O–H groups in total. The molecule has 9 heavy (non-hydrogen) atoms. The van der Waals surface area contributed by atoms with E-state index in [2.05, 4.69) is 12.6 Å². The van der Waals surface area contributed by atoms with E-state index in [1.165, 1.54) is 0 Å². The molecule has 0 spiro atoms. The first-order chi connectivity index (χ1) is 3.56. The number of hydrogen-bond acceptors (Lipinski definition) is 3. The van der Waals surface area contributed by atoms with Crippen LogP contribution in [-0.2, 0) is 10.1 Å². The van der Waals surface area contributed by atoms with Crippen LogP contribution >= 0.6 is 12.6 Å². The van der Waals surface area contributed by atoms with E-state index in [1.54, 1.807) is 0 Å². The van der Waals surface area contributed by atoms with E-state index >= 15 is 0 Å². The van der Waals surface area contributed by atoms with E-state index in [1.807, 2.05) is 0 Å². The molecule has 6 heteroatoms. The molecule has 0 bridgehead atoms. The van der Waals surface area contributed by atoms with Gasteiger partial charge in [-0.3, -0.25) is 4.55 Å². The maximum Gasteiger partial charge on any atom is 1.00 e. The van der Waals surface area contributed by atoms with Crippen molar-refractivity contribution in [2.75, 3.05) is 11.5 Å². The number of hydrogen-bond donors (Lipinski definition) is 2. The average molecular weight is 196 g/mol. The van der Waals surface area contributed by atoms with Crippen molar-refractivity contribution < 1.29 is 65.8 Å². The Morgan fingerprint density at radius 3 is 2.11 bits per heavy atom. The first-order valence-electron chi connectivity index (χ1n) is 2.12. The van der Waals surface area contributed by atoms with Gasteiger partial charge in [-0.2, -0.15) is 21.0 Å². The molecule has 3 nitrogen and oxygen atoms in total. The van der Waals surface area contributed by atoms with Crippen LogP contribution in [0.1, 0.15) is 7.85 Å². The van der Waals surface area contributed by atoms with Crippen molar-refractivity contribution in [2.45, 2.75) is 6.42 Å². The maximum atomic E-state index is 9.91. The zero-order valence-corrected chi connectivity index (χ0v) is 10.1. The topological polar surface area (TPSA) is 54.4 Å². The summed E-state index contributed by atoms with van der Waals surface area (Å²) in [6.45, 7) is 0. The average Bonchev–Trinajstić information content (AvgIpc) is 1.59. The summed E-state index contributed by atoms with van der Waals surface area (Å²) in [6, 6.07) is 0. The van der Waals surface area contributed by atoms with Crippen molar-refractivity contribution in [1.29, 1.82) is 0 Å². The zero-order chi connectivity index (χ0) is 6.62.